The normalized spacial score (nSPS) is 29.8. The van der Waals surface area contributed by atoms with Crippen LogP contribution in [0.5, 0.6) is 0 Å². The summed E-state index contributed by atoms with van der Waals surface area (Å²) < 4.78 is 0. The van der Waals surface area contributed by atoms with Crippen LogP contribution in [0.15, 0.2) is 24.3 Å². The van der Waals surface area contributed by atoms with Gasteiger partial charge in [-0.1, -0.05) is 45.9 Å². The quantitative estimate of drug-likeness (QED) is 0.868. The molecule has 5 heteroatoms. The fraction of sp³-hybridized carbons (Fsp3) is 0.652. The number of fused-ring (bicyclic) bond motifs is 3. The lowest BCUT2D eigenvalue weighted by Gasteiger charge is -2.55. The van der Waals surface area contributed by atoms with Gasteiger partial charge < -0.3 is 0 Å². The second kappa shape index (κ2) is 7.03. The number of piperidine rings is 1. The first-order chi connectivity index (χ1) is 13.2. The van der Waals surface area contributed by atoms with Crippen LogP contribution in [0.1, 0.15) is 46.1 Å². The molecule has 2 fully saturated rings. The molecular weight excluding hydrogens is 348 g/mol. The number of likely N-dealkylation sites (N-methyl/N-ethyl adjacent to an activating group) is 1. The lowest BCUT2D eigenvalue weighted by molar-refractivity contribution is -0.144. The number of likely N-dealkylation sites (tertiary alicyclic amines) is 1. The molecule has 1 aromatic rings. The summed E-state index contributed by atoms with van der Waals surface area (Å²) in [6.45, 7) is 12.7. The van der Waals surface area contributed by atoms with E-state index in [-0.39, 0.29) is 11.3 Å². The van der Waals surface area contributed by atoms with Gasteiger partial charge in [-0.25, -0.2) is 0 Å². The Kier molecular flexibility index (Phi) is 4.95. The second-order valence-corrected chi connectivity index (χ2v) is 10.0. The molecule has 2 unspecified atom stereocenters. The highest BCUT2D eigenvalue weighted by Crippen LogP contribution is 2.40. The number of hydrazine groups is 1. The number of hydrogen-bond donors (Lipinski definition) is 1. The predicted octanol–water partition coefficient (Wildman–Crippen LogP) is 2.82. The van der Waals surface area contributed by atoms with Crippen molar-refractivity contribution in [3.05, 3.63) is 36.2 Å². The molecule has 1 aromatic carbocycles. The van der Waals surface area contributed by atoms with Crippen molar-refractivity contribution in [1.82, 2.24) is 15.2 Å². The average Bonchev–Trinajstić information content (AvgIpc) is 2.86. The van der Waals surface area contributed by atoms with E-state index < -0.39 is 5.54 Å². The maximum Gasteiger partial charge on any atom is 0.260 e. The summed E-state index contributed by atoms with van der Waals surface area (Å²) in [4.78, 5) is 18.6. The summed E-state index contributed by atoms with van der Waals surface area (Å²) in [7, 11) is 2.14. The van der Waals surface area contributed by atoms with Gasteiger partial charge in [0.05, 0.1) is 5.69 Å². The minimum absolute atomic E-state index is 0.0326. The van der Waals surface area contributed by atoms with Crippen LogP contribution in [0.25, 0.3) is 0 Å². The van der Waals surface area contributed by atoms with Crippen molar-refractivity contribution in [3.8, 4) is 0 Å². The molecule has 1 N–H and O–H groups in total. The van der Waals surface area contributed by atoms with Gasteiger partial charge in [-0.2, -0.15) is 0 Å². The van der Waals surface area contributed by atoms with Crippen molar-refractivity contribution in [2.75, 3.05) is 38.2 Å². The standard InChI is InChI=1S/C23H35N4O/c1-17(2)13-26-14-18-9-8-12-23(16-26,25(18)5)21(28)24-27-15-22(3,4)19-10-6-7-11-20(19)27/h6-8,10-11,17-18H,9,12-16H2,1-5H3,(H,24,28). The largest absolute Gasteiger partial charge is 0.299 e. The first-order valence-electron chi connectivity index (χ1n) is 10.7. The van der Waals surface area contributed by atoms with Gasteiger partial charge in [0.1, 0.15) is 5.54 Å². The number of rotatable bonds is 4. The minimum Gasteiger partial charge on any atom is -0.299 e. The zero-order chi connectivity index (χ0) is 20.1. The monoisotopic (exact) mass is 383 g/mol. The third-order valence-electron chi connectivity index (χ3n) is 6.86. The number of hydrogen-bond acceptors (Lipinski definition) is 4. The van der Waals surface area contributed by atoms with Crippen molar-refractivity contribution in [3.63, 3.8) is 0 Å². The Balaban J connectivity index is 1.58. The molecule has 2 atom stereocenters. The minimum atomic E-state index is -0.474. The van der Waals surface area contributed by atoms with Crippen LogP contribution in [0.3, 0.4) is 0 Å². The highest BCUT2D eigenvalue weighted by molar-refractivity contribution is 5.89. The fourth-order valence-corrected chi connectivity index (χ4v) is 5.43. The highest BCUT2D eigenvalue weighted by Gasteiger charge is 2.52. The molecule has 1 radical (unpaired) electrons. The van der Waals surface area contributed by atoms with Gasteiger partial charge in [0.2, 0.25) is 0 Å². The van der Waals surface area contributed by atoms with E-state index in [0.29, 0.717) is 12.0 Å². The average molecular weight is 384 g/mol. The summed E-state index contributed by atoms with van der Waals surface area (Å²) in [5, 5.41) is 2.07. The maximum atomic E-state index is 13.7. The third-order valence-corrected chi connectivity index (χ3v) is 6.86. The van der Waals surface area contributed by atoms with E-state index >= 15 is 0 Å². The van der Waals surface area contributed by atoms with Crippen molar-refractivity contribution in [1.29, 1.82) is 0 Å². The number of amides is 1. The maximum absolute atomic E-state index is 13.7. The number of para-hydroxylation sites is 1. The van der Waals surface area contributed by atoms with Crippen LogP contribution in [0, 0.1) is 12.3 Å². The molecule has 2 saturated heterocycles. The van der Waals surface area contributed by atoms with E-state index in [1.807, 2.05) is 0 Å². The SMILES string of the molecule is CC(C)CN1CC2C[CH]CC(C(=O)NN3CC(C)(C)c4ccccc43)(C1)N2C. The number of carbonyl (C=O) groups excluding carboxylic acids is 1. The molecule has 0 aromatic heterocycles. The summed E-state index contributed by atoms with van der Waals surface area (Å²) in [6.07, 6.45) is 4.22. The number of nitrogens with one attached hydrogen (secondary N) is 1. The molecule has 153 valence electrons. The second-order valence-electron chi connectivity index (χ2n) is 10.0. The van der Waals surface area contributed by atoms with Crippen LogP contribution in [-0.4, -0.2) is 60.5 Å². The van der Waals surface area contributed by atoms with E-state index in [9.17, 15) is 4.79 Å². The Morgan fingerprint density at radius 1 is 1.25 bits per heavy atom. The van der Waals surface area contributed by atoms with Gasteiger partial charge in [0.15, 0.2) is 0 Å². The number of carbonyl (C=O) groups is 1. The van der Waals surface area contributed by atoms with Gasteiger partial charge >= 0.3 is 0 Å². The van der Waals surface area contributed by atoms with Gasteiger partial charge in [0, 0.05) is 37.6 Å². The topological polar surface area (TPSA) is 38.8 Å². The van der Waals surface area contributed by atoms with Gasteiger partial charge in [-0.3, -0.25) is 25.0 Å². The van der Waals surface area contributed by atoms with Gasteiger partial charge in [0.25, 0.3) is 5.91 Å². The third kappa shape index (κ3) is 3.22. The van der Waals surface area contributed by atoms with Crippen molar-refractivity contribution < 1.29 is 4.79 Å². The van der Waals surface area contributed by atoms with E-state index in [2.05, 4.69) is 85.7 Å². The summed E-state index contributed by atoms with van der Waals surface area (Å²) in [5.41, 5.74) is 5.31. The van der Waals surface area contributed by atoms with E-state index in [1.54, 1.807) is 0 Å². The molecule has 2 bridgehead atoms. The van der Waals surface area contributed by atoms with Crippen LogP contribution < -0.4 is 10.4 Å². The lowest BCUT2D eigenvalue weighted by atomic mass is 9.79. The fourth-order valence-electron chi connectivity index (χ4n) is 5.43. The number of anilines is 1. The molecule has 3 heterocycles. The van der Waals surface area contributed by atoms with E-state index in [0.717, 1.165) is 44.7 Å². The summed E-state index contributed by atoms with van der Waals surface area (Å²) in [5.74, 6) is 0.747. The Bertz CT molecular complexity index is 746. The van der Waals surface area contributed by atoms with Crippen LogP contribution in [0.2, 0.25) is 0 Å². The van der Waals surface area contributed by atoms with Crippen LogP contribution in [0.4, 0.5) is 5.69 Å². The number of piperazine rings is 1. The first-order valence-corrected chi connectivity index (χ1v) is 10.7. The molecule has 0 spiro atoms. The Morgan fingerprint density at radius 2 is 2.00 bits per heavy atom. The molecule has 3 aliphatic rings. The molecular formula is C23H35N4O. The van der Waals surface area contributed by atoms with Crippen LogP contribution >= 0.6 is 0 Å². The molecule has 28 heavy (non-hydrogen) atoms. The Labute approximate surface area is 170 Å². The summed E-state index contributed by atoms with van der Waals surface area (Å²) in [6, 6.07) is 8.87. The van der Waals surface area contributed by atoms with Crippen LogP contribution in [-0.2, 0) is 10.2 Å². The highest BCUT2D eigenvalue weighted by atomic mass is 16.2. The Hall–Kier alpha value is -1.59. The molecule has 0 aliphatic carbocycles. The first kappa shape index (κ1) is 19.7. The molecule has 1 amide bonds. The van der Waals surface area contributed by atoms with E-state index in [4.69, 9.17) is 0 Å². The smallest absolute Gasteiger partial charge is 0.260 e. The van der Waals surface area contributed by atoms with Gasteiger partial charge in [-0.15, -0.1) is 0 Å². The van der Waals surface area contributed by atoms with Crippen molar-refractivity contribution in [2.24, 2.45) is 5.92 Å². The van der Waals surface area contributed by atoms with E-state index in [1.165, 1.54) is 5.56 Å². The molecule has 0 saturated carbocycles. The van der Waals surface area contributed by atoms with Gasteiger partial charge in [-0.05, 0) is 43.9 Å². The predicted molar refractivity (Wildman–Crippen MR) is 114 cm³/mol. The zero-order valence-corrected chi connectivity index (χ0v) is 18.0. The molecule has 4 rings (SSSR count). The zero-order valence-electron chi connectivity index (χ0n) is 18.0. The summed E-state index contributed by atoms with van der Waals surface area (Å²) >= 11 is 0. The van der Waals surface area contributed by atoms with Crippen molar-refractivity contribution in [2.45, 2.75) is 57.5 Å². The molecule has 5 nitrogen and oxygen atoms in total. The number of nitrogens with zero attached hydrogens (tertiary/aromatic N) is 3. The lowest BCUT2D eigenvalue weighted by Crippen LogP contribution is -2.73. The molecule has 3 aliphatic heterocycles. The Morgan fingerprint density at radius 3 is 2.75 bits per heavy atom. The number of benzene rings is 1. The van der Waals surface area contributed by atoms with Crippen molar-refractivity contribution >= 4 is 11.6 Å².